The number of nitrogens with two attached hydrogens (primary N) is 1. The summed E-state index contributed by atoms with van der Waals surface area (Å²) in [6.07, 6.45) is 1.60. The molecule has 2 saturated heterocycles. The van der Waals surface area contributed by atoms with Crippen LogP contribution < -0.4 is 10.6 Å². The second kappa shape index (κ2) is 5.24. The summed E-state index contributed by atoms with van der Waals surface area (Å²) in [7, 11) is 1.61. The van der Waals surface area contributed by atoms with Gasteiger partial charge in [-0.05, 0) is 6.42 Å². The lowest BCUT2D eigenvalue weighted by molar-refractivity contribution is -0.129. The number of hydrogen-bond acceptors (Lipinski definition) is 6. The van der Waals surface area contributed by atoms with Crippen molar-refractivity contribution in [3.8, 4) is 0 Å². The second-order valence-electron chi connectivity index (χ2n) is 5.23. The fourth-order valence-corrected chi connectivity index (χ4v) is 2.93. The number of aromatic nitrogens is 2. The van der Waals surface area contributed by atoms with Gasteiger partial charge in [-0.25, -0.2) is 9.97 Å². The monoisotopic (exact) mass is 277 g/mol. The Morgan fingerprint density at radius 2 is 2.30 bits per heavy atom. The molecular formula is C13H19N5O2. The van der Waals surface area contributed by atoms with Crippen LogP contribution in [0.5, 0.6) is 0 Å². The molecule has 3 rings (SSSR count). The molecule has 2 fully saturated rings. The van der Waals surface area contributed by atoms with E-state index in [-0.39, 0.29) is 5.91 Å². The number of carbonyl (C=O) groups is 1. The van der Waals surface area contributed by atoms with Gasteiger partial charge in [0.1, 0.15) is 18.2 Å². The fraction of sp³-hybridized carbons (Fsp3) is 0.615. The molecule has 2 N–H and O–H groups in total. The Bertz CT molecular complexity index is 521. The van der Waals surface area contributed by atoms with Crippen LogP contribution in [0.4, 0.5) is 11.6 Å². The molecule has 1 amide bonds. The standard InChI is InChI=1S/C13H19N5O2/c1-20-8-11-15-10(14)6-12(16-11)17-4-5-18-9(7-17)2-3-13(18)19/h6,9H,2-5,7-8H2,1H3,(H2,14,15,16). The first kappa shape index (κ1) is 13.1. The average molecular weight is 277 g/mol. The number of anilines is 2. The van der Waals surface area contributed by atoms with Crippen LogP contribution in [0.2, 0.25) is 0 Å². The molecule has 0 spiro atoms. The lowest BCUT2D eigenvalue weighted by Gasteiger charge is -2.38. The molecule has 7 nitrogen and oxygen atoms in total. The molecule has 3 heterocycles. The summed E-state index contributed by atoms with van der Waals surface area (Å²) >= 11 is 0. The van der Waals surface area contributed by atoms with Gasteiger partial charge in [0.2, 0.25) is 5.91 Å². The predicted octanol–water partition coefficient (Wildman–Crippen LogP) is 0.0162. The van der Waals surface area contributed by atoms with E-state index in [0.717, 1.165) is 31.9 Å². The van der Waals surface area contributed by atoms with Gasteiger partial charge in [-0.2, -0.15) is 0 Å². The number of piperazine rings is 1. The Morgan fingerprint density at radius 1 is 1.45 bits per heavy atom. The van der Waals surface area contributed by atoms with Gasteiger partial charge in [-0.15, -0.1) is 0 Å². The Kier molecular flexibility index (Phi) is 3.43. The Hall–Kier alpha value is -1.89. The van der Waals surface area contributed by atoms with Crippen LogP contribution in [-0.2, 0) is 16.1 Å². The Morgan fingerprint density at radius 3 is 3.10 bits per heavy atom. The second-order valence-corrected chi connectivity index (χ2v) is 5.23. The van der Waals surface area contributed by atoms with E-state index < -0.39 is 0 Å². The summed E-state index contributed by atoms with van der Waals surface area (Å²) < 4.78 is 5.06. The van der Waals surface area contributed by atoms with Gasteiger partial charge in [-0.1, -0.05) is 0 Å². The van der Waals surface area contributed by atoms with Crippen molar-refractivity contribution in [2.45, 2.75) is 25.5 Å². The smallest absolute Gasteiger partial charge is 0.223 e. The average Bonchev–Trinajstić information content (AvgIpc) is 2.80. The van der Waals surface area contributed by atoms with Crippen molar-refractivity contribution in [1.29, 1.82) is 0 Å². The molecule has 1 aromatic heterocycles. The minimum absolute atomic E-state index is 0.275. The molecule has 1 aromatic rings. The normalized spacial score (nSPS) is 22.2. The molecule has 7 heteroatoms. The van der Waals surface area contributed by atoms with Gasteiger partial charge >= 0.3 is 0 Å². The van der Waals surface area contributed by atoms with Crippen LogP contribution in [0.15, 0.2) is 6.07 Å². The van der Waals surface area contributed by atoms with E-state index in [4.69, 9.17) is 10.5 Å². The van der Waals surface area contributed by atoms with E-state index in [0.29, 0.717) is 30.7 Å². The quantitative estimate of drug-likeness (QED) is 0.838. The highest BCUT2D eigenvalue weighted by molar-refractivity contribution is 5.79. The largest absolute Gasteiger partial charge is 0.384 e. The molecule has 0 bridgehead atoms. The van der Waals surface area contributed by atoms with Gasteiger partial charge in [0, 0.05) is 45.3 Å². The van der Waals surface area contributed by atoms with E-state index in [2.05, 4.69) is 14.9 Å². The first-order chi connectivity index (χ1) is 9.67. The van der Waals surface area contributed by atoms with Gasteiger partial charge < -0.3 is 20.3 Å². The van der Waals surface area contributed by atoms with Crippen molar-refractivity contribution in [2.75, 3.05) is 37.4 Å². The maximum absolute atomic E-state index is 11.7. The molecule has 0 saturated carbocycles. The molecule has 2 aliphatic rings. The topological polar surface area (TPSA) is 84.6 Å². The van der Waals surface area contributed by atoms with Gasteiger partial charge in [0.05, 0.1) is 0 Å². The molecule has 0 radical (unpaired) electrons. The number of fused-ring (bicyclic) bond motifs is 1. The van der Waals surface area contributed by atoms with Crippen molar-refractivity contribution >= 4 is 17.5 Å². The predicted molar refractivity (Wildman–Crippen MR) is 74.1 cm³/mol. The van der Waals surface area contributed by atoms with Gasteiger partial charge in [-0.3, -0.25) is 4.79 Å². The van der Waals surface area contributed by atoms with Crippen molar-refractivity contribution < 1.29 is 9.53 Å². The maximum Gasteiger partial charge on any atom is 0.223 e. The molecule has 108 valence electrons. The number of carbonyl (C=O) groups excluding carboxylic acids is 1. The first-order valence-electron chi connectivity index (χ1n) is 6.84. The zero-order valence-electron chi connectivity index (χ0n) is 11.6. The third-order valence-electron chi connectivity index (χ3n) is 3.87. The molecule has 0 aliphatic carbocycles. The first-order valence-corrected chi connectivity index (χ1v) is 6.84. The minimum Gasteiger partial charge on any atom is -0.384 e. The highest BCUT2D eigenvalue weighted by atomic mass is 16.5. The fourth-order valence-electron chi connectivity index (χ4n) is 2.93. The van der Waals surface area contributed by atoms with Crippen LogP contribution >= 0.6 is 0 Å². The summed E-state index contributed by atoms with van der Waals surface area (Å²) in [6, 6.07) is 2.09. The van der Waals surface area contributed by atoms with Crippen LogP contribution in [0.3, 0.4) is 0 Å². The number of nitrogens with zero attached hydrogens (tertiary/aromatic N) is 4. The minimum atomic E-state index is 0.275. The number of hydrogen-bond donors (Lipinski definition) is 1. The van der Waals surface area contributed by atoms with Crippen molar-refractivity contribution in [3.63, 3.8) is 0 Å². The molecule has 1 unspecified atom stereocenters. The third kappa shape index (κ3) is 2.40. The number of methoxy groups -OCH3 is 1. The van der Waals surface area contributed by atoms with E-state index in [9.17, 15) is 4.79 Å². The van der Waals surface area contributed by atoms with E-state index in [1.54, 1.807) is 13.2 Å². The van der Waals surface area contributed by atoms with Crippen molar-refractivity contribution in [1.82, 2.24) is 14.9 Å². The zero-order valence-corrected chi connectivity index (χ0v) is 11.6. The SMILES string of the molecule is COCc1nc(N)cc(N2CCN3C(=O)CCC3C2)n1. The highest BCUT2D eigenvalue weighted by Crippen LogP contribution is 2.26. The number of rotatable bonds is 3. The van der Waals surface area contributed by atoms with Gasteiger partial charge in [0.15, 0.2) is 5.82 Å². The van der Waals surface area contributed by atoms with E-state index in [1.165, 1.54) is 0 Å². The molecule has 2 aliphatic heterocycles. The molecule has 1 atom stereocenters. The van der Waals surface area contributed by atoms with E-state index >= 15 is 0 Å². The van der Waals surface area contributed by atoms with Crippen LogP contribution in [0, 0.1) is 0 Å². The van der Waals surface area contributed by atoms with Crippen LogP contribution in [0.1, 0.15) is 18.7 Å². The summed E-state index contributed by atoms with van der Waals surface area (Å²) in [5.41, 5.74) is 5.83. The highest BCUT2D eigenvalue weighted by Gasteiger charge is 2.35. The Labute approximate surface area is 117 Å². The van der Waals surface area contributed by atoms with Crippen molar-refractivity contribution in [3.05, 3.63) is 11.9 Å². The molecular weight excluding hydrogens is 258 g/mol. The number of nitrogen functional groups attached to an aromatic ring is 1. The van der Waals surface area contributed by atoms with Gasteiger partial charge in [0.25, 0.3) is 0 Å². The number of ether oxygens (including phenoxy) is 1. The summed E-state index contributed by atoms with van der Waals surface area (Å²) in [5.74, 6) is 2.14. The van der Waals surface area contributed by atoms with Crippen molar-refractivity contribution in [2.24, 2.45) is 0 Å². The lowest BCUT2D eigenvalue weighted by atomic mass is 10.1. The molecule has 0 aromatic carbocycles. The number of amides is 1. The summed E-state index contributed by atoms with van der Waals surface area (Å²) in [6.45, 7) is 2.70. The zero-order chi connectivity index (χ0) is 14.1. The summed E-state index contributed by atoms with van der Waals surface area (Å²) in [4.78, 5) is 24.5. The van der Waals surface area contributed by atoms with E-state index in [1.807, 2.05) is 4.90 Å². The third-order valence-corrected chi connectivity index (χ3v) is 3.87. The Balaban J connectivity index is 1.78. The summed E-state index contributed by atoms with van der Waals surface area (Å²) in [5, 5.41) is 0. The van der Waals surface area contributed by atoms with Crippen LogP contribution in [0.25, 0.3) is 0 Å². The maximum atomic E-state index is 11.7. The van der Waals surface area contributed by atoms with Crippen LogP contribution in [-0.4, -0.2) is 53.6 Å². The lowest BCUT2D eigenvalue weighted by Crippen LogP contribution is -2.51. The molecule has 20 heavy (non-hydrogen) atoms.